The van der Waals surface area contributed by atoms with Crippen molar-refractivity contribution in [1.29, 1.82) is 0 Å². The average Bonchev–Trinajstić information content (AvgIpc) is 2.40. The Morgan fingerprint density at radius 1 is 1.15 bits per heavy atom. The molecule has 0 saturated heterocycles. The zero-order chi connectivity index (χ0) is 14.8. The maximum absolute atomic E-state index is 13.1. The van der Waals surface area contributed by atoms with Gasteiger partial charge in [0.2, 0.25) is 10.0 Å². The lowest BCUT2D eigenvalue weighted by molar-refractivity contribution is 0.305. The molecule has 0 unspecified atom stereocenters. The van der Waals surface area contributed by atoms with Crippen LogP contribution < -0.4 is 9.88 Å². The van der Waals surface area contributed by atoms with Crippen LogP contribution in [-0.4, -0.2) is 8.42 Å². The van der Waals surface area contributed by atoms with E-state index in [-0.39, 0.29) is 17.3 Å². The van der Waals surface area contributed by atoms with Crippen molar-refractivity contribution in [3.63, 3.8) is 0 Å². The summed E-state index contributed by atoms with van der Waals surface area (Å²) >= 11 is 3.09. The van der Waals surface area contributed by atoms with E-state index in [0.29, 0.717) is 10.2 Å². The molecule has 0 saturated carbocycles. The Balaban J connectivity index is 2.06. The highest BCUT2D eigenvalue weighted by Gasteiger charge is 2.07. The third-order valence-electron chi connectivity index (χ3n) is 2.54. The van der Waals surface area contributed by atoms with Crippen molar-refractivity contribution in [2.75, 3.05) is 0 Å². The van der Waals surface area contributed by atoms with Crippen LogP contribution in [0.15, 0.2) is 51.8 Å². The fraction of sp³-hybridized carbons (Fsp3) is 0.0769. The largest absolute Gasteiger partial charge is 0.489 e. The fourth-order valence-electron chi connectivity index (χ4n) is 1.52. The normalized spacial score (nSPS) is 11.3. The van der Waals surface area contributed by atoms with Crippen LogP contribution in [0.25, 0.3) is 0 Å². The van der Waals surface area contributed by atoms with Crippen molar-refractivity contribution in [3.8, 4) is 5.75 Å². The highest BCUT2D eigenvalue weighted by molar-refractivity contribution is 9.10. The number of rotatable bonds is 4. The number of primary sulfonamides is 1. The second-order valence-corrected chi connectivity index (χ2v) is 6.47. The lowest BCUT2D eigenvalue weighted by atomic mass is 10.2. The Morgan fingerprint density at radius 3 is 2.35 bits per heavy atom. The number of hydrogen-bond acceptors (Lipinski definition) is 3. The minimum Gasteiger partial charge on any atom is -0.489 e. The van der Waals surface area contributed by atoms with Crippen molar-refractivity contribution in [2.24, 2.45) is 5.14 Å². The van der Waals surface area contributed by atoms with E-state index in [1.165, 1.54) is 30.3 Å². The molecule has 106 valence electrons. The van der Waals surface area contributed by atoms with Crippen LogP contribution in [0.3, 0.4) is 0 Å². The smallest absolute Gasteiger partial charge is 0.238 e. The SMILES string of the molecule is NS(=O)(=O)c1ccc(OCc2ccc(F)c(Br)c2)cc1. The van der Waals surface area contributed by atoms with Crippen molar-refractivity contribution >= 4 is 26.0 Å². The van der Waals surface area contributed by atoms with Crippen molar-refractivity contribution in [3.05, 3.63) is 58.3 Å². The first kappa shape index (κ1) is 15.0. The standard InChI is InChI=1S/C13H11BrFNO3S/c14-12-7-9(1-6-13(12)15)8-19-10-2-4-11(5-3-10)20(16,17)18/h1-7H,8H2,(H2,16,17,18). The summed E-state index contributed by atoms with van der Waals surface area (Å²) in [6.07, 6.45) is 0. The first-order valence-electron chi connectivity index (χ1n) is 5.56. The Bertz CT molecular complexity index is 717. The number of benzene rings is 2. The van der Waals surface area contributed by atoms with Crippen LogP contribution in [0, 0.1) is 5.82 Å². The van der Waals surface area contributed by atoms with Gasteiger partial charge in [0, 0.05) is 0 Å². The van der Waals surface area contributed by atoms with Crippen LogP contribution >= 0.6 is 15.9 Å². The molecule has 0 aliphatic carbocycles. The monoisotopic (exact) mass is 359 g/mol. The number of hydrogen-bond donors (Lipinski definition) is 1. The van der Waals surface area contributed by atoms with Gasteiger partial charge in [-0.1, -0.05) is 6.07 Å². The third kappa shape index (κ3) is 3.78. The van der Waals surface area contributed by atoms with Crippen molar-refractivity contribution in [1.82, 2.24) is 0 Å². The Kier molecular flexibility index (Phi) is 4.42. The average molecular weight is 360 g/mol. The number of nitrogens with two attached hydrogens (primary N) is 1. The highest BCUT2D eigenvalue weighted by Crippen LogP contribution is 2.19. The molecule has 2 N–H and O–H groups in total. The first-order chi connectivity index (χ1) is 9.36. The van der Waals surface area contributed by atoms with Gasteiger partial charge in [-0.05, 0) is 57.9 Å². The minimum atomic E-state index is -3.70. The van der Waals surface area contributed by atoms with Crippen LogP contribution in [0.4, 0.5) is 4.39 Å². The quantitative estimate of drug-likeness (QED) is 0.912. The summed E-state index contributed by atoms with van der Waals surface area (Å²) in [5.74, 6) is 0.157. The van der Waals surface area contributed by atoms with E-state index < -0.39 is 10.0 Å². The molecule has 0 heterocycles. The van der Waals surface area contributed by atoms with E-state index in [0.717, 1.165) is 5.56 Å². The summed E-state index contributed by atoms with van der Waals surface area (Å²) in [5, 5.41) is 4.99. The number of ether oxygens (including phenoxy) is 1. The summed E-state index contributed by atoms with van der Waals surface area (Å²) in [5.41, 5.74) is 0.786. The Labute approximate surface area is 124 Å². The van der Waals surface area contributed by atoms with E-state index in [4.69, 9.17) is 9.88 Å². The van der Waals surface area contributed by atoms with E-state index in [2.05, 4.69) is 15.9 Å². The lowest BCUT2D eigenvalue weighted by Gasteiger charge is -2.07. The zero-order valence-electron chi connectivity index (χ0n) is 10.2. The van der Waals surface area contributed by atoms with Crippen LogP contribution in [0.2, 0.25) is 0 Å². The molecule has 0 amide bonds. The van der Waals surface area contributed by atoms with Gasteiger partial charge in [-0.2, -0.15) is 0 Å². The maximum Gasteiger partial charge on any atom is 0.238 e. The zero-order valence-corrected chi connectivity index (χ0v) is 12.6. The molecular weight excluding hydrogens is 349 g/mol. The molecule has 2 rings (SSSR count). The summed E-state index contributed by atoms with van der Waals surface area (Å²) in [4.78, 5) is 0.0226. The van der Waals surface area contributed by atoms with Gasteiger partial charge in [-0.3, -0.25) is 0 Å². The Morgan fingerprint density at radius 2 is 1.80 bits per heavy atom. The summed E-state index contributed by atoms with van der Waals surface area (Å²) < 4.78 is 41.1. The number of sulfonamides is 1. The summed E-state index contributed by atoms with van der Waals surface area (Å²) in [6.45, 7) is 0.244. The summed E-state index contributed by atoms with van der Waals surface area (Å²) in [6, 6.07) is 10.3. The molecule has 0 atom stereocenters. The Hall–Kier alpha value is -1.44. The van der Waals surface area contributed by atoms with Crippen LogP contribution in [0.1, 0.15) is 5.56 Å². The molecule has 0 radical (unpaired) electrons. The fourth-order valence-corrected chi connectivity index (χ4v) is 2.46. The number of halogens is 2. The van der Waals surface area contributed by atoms with Crippen LogP contribution in [-0.2, 0) is 16.6 Å². The highest BCUT2D eigenvalue weighted by atomic mass is 79.9. The maximum atomic E-state index is 13.1. The van der Waals surface area contributed by atoms with Gasteiger partial charge in [-0.15, -0.1) is 0 Å². The van der Waals surface area contributed by atoms with Gasteiger partial charge in [-0.25, -0.2) is 17.9 Å². The predicted molar refractivity (Wildman–Crippen MR) is 76.2 cm³/mol. The van der Waals surface area contributed by atoms with Gasteiger partial charge in [0.05, 0.1) is 9.37 Å². The van der Waals surface area contributed by atoms with Gasteiger partial charge in [0.1, 0.15) is 18.2 Å². The summed E-state index contributed by atoms with van der Waals surface area (Å²) in [7, 11) is -3.70. The van der Waals surface area contributed by atoms with Crippen molar-refractivity contribution < 1.29 is 17.5 Å². The molecule has 0 fully saturated rings. The predicted octanol–water partition coefficient (Wildman–Crippen LogP) is 2.81. The minimum absolute atomic E-state index is 0.0226. The molecule has 4 nitrogen and oxygen atoms in total. The molecular formula is C13H11BrFNO3S. The molecule has 2 aromatic carbocycles. The van der Waals surface area contributed by atoms with Gasteiger partial charge in [0.15, 0.2) is 0 Å². The molecule has 0 aromatic heterocycles. The van der Waals surface area contributed by atoms with E-state index >= 15 is 0 Å². The molecule has 0 bridgehead atoms. The third-order valence-corrected chi connectivity index (χ3v) is 4.08. The molecule has 0 aliphatic rings. The van der Waals surface area contributed by atoms with Gasteiger partial charge < -0.3 is 4.74 Å². The van der Waals surface area contributed by atoms with Gasteiger partial charge in [0.25, 0.3) is 0 Å². The van der Waals surface area contributed by atoms with Crippen molar-refractivity contribution in [2.45, 2.75) is 11.5 Å². The molecule has 0 spiro atoms. The molecule has 7 heteroatoms. The van der Waals surface area contributed by atoms with Gasteiger partial charge >= 0.3 is 0 Å². The van der Waals surface area contributed by atoms with E-state index in [9.17, 15) is 12.8 Å². The lowest BCUT2D eigenvalue weighted by Crippen LogP contribution is -2.11. The molecule has 0 aliphatic heterocycles. The second-order valence-electron chi connectivity index (χ2n) is 4.05. The molecule has 2 aromatic rings. The second kappa shape index (κ2) is 5.90. The first-order valence-corrected chi connectivity index (χ1v) is 7.90. The molecule has 20 heavy (non-hydrogen) atoms. The topological polar surface area (TPSA) is 69.4 Å². The van der Waals surface area contributed by atoms with E-state index in [1.54, 1.807) is 12.1 Å². The van der Waals surface area contributed by atoms with E-state index in [1.807, 2.05) is 0 Å². The van der Waals surface area contributed by atoms with Crippen LogP contribution in [0.5, 0.6) is 5.75 Å².